The number of amides is 1. The summed E-state index contributed by atoms with van der Waals surface area (Å²) in [5, 5.41) is 3.05. The number of benzene rings is 2. The first-order valence-corrected chi connectivity index (χ1v) is 9.45. The van der Waals surface area contributed by atoms with E-state index in [4.69, 9.17) is 0 Å². The Labute approximate surface area is 154 Å². The molecule has 2 aliphatic carbocycles. The average Bonchev–Trinajstić information content (AvgIpc) is 3.42. The van der Waals surface area contributed by atoms with Gasteiger partial charge in [0, 0.05) is 22.6 Å². The third-order valence-corrected chi connectivity index (χ3v) is 5.71. The lowest BCUT2D eigenvalue weighted by Gasteiger charge is -2.30. The number of Topliss-reactive ketones (excluding diaryl/α,β-unsaturated/α-hetero) is 1. The van der Waals surface area contributed by atoms with Crippen LogP contribution in [0, 0.1) is 12.3 Å². The largest absolute Gasteiger partial charge is 0.349 e. The van der Waals surface area contributed by atoms with Crippen LogP contribution >= 0.6 is 0 Å². The van der Waals surface area contributed by atoms with Crippen LogP contribution in [-0.2, 0) is 6.42 Å². The van der Waals surface area contributed by atoms with Crippen LogP contribution in [0.3, 0.4) is 0 Å². The fourth-order valence-electron chi connectivity index (χ4n) is 3.69. The molecule has 0 aliphatic heterocycles. The summed E-state index contributed by atoms with van der Waals surface area (Å²) in [6.07, 6.45) is 3.97. The van der Waals surface area contributed by atoms with Gasteiger partial charge in [0.05, 0.1) is 0 Å². The topological polar surface area (TPSA) is 46.2 Å². The minimum absolute atomic E-state index is 0.00337. The average molecular weight is 347 g/mol. The molecule has 2 aliphatic rings. The quantitative estimate of drug-likeness (QED) is 0.874. The van der Waals surface area contributed by atoms with E-state index in [1.165, 1.54) is 0 Å². The Morgan fingerprint density at radius 3 is 2.58 bits per heavy atom. The number of nitrogens with one attached hydrogen (secondary N) is 1. The Balaban J connectivity index is 1.69. The molecule has 0 atom stereocenters. The lowest BCUT2D eigenvalue weighted by Crippen LogP contribution is -2.30. The van der Waals surface area contributed by atoms with Crippen LogP contribution in [0.2, 0.25) is 0 Å². The van der Waals surface area contributed by atoms with Gasteiger partial charge < -0.3 is 5.32 Å². The number of aryl methyl sites for hydroxylation is 2. The maximum Gasteiger partial charge on any atom is 0.251 e. The molecule has 0 radical (unpaired) electrons. The van der Waals surface area contributed by atoms with E-state index in [1.807, 2.05) is 44.2 Å². The van der Waals surface area contributed by atoms with Crippen LogP contribution in [0.15, 0.2) is 36.4 Å². The van der Waals surface area contributed by atoms with E-state index in [9.17, 15) is 9.59 Å². The zero-order valence-electron chi connectivity index (χ0n) is 15.7. The molecule has 0 unspecified atom stereocenters. The van der Waals surface area contributed by atoms with Gasteiger partial charge in [0.1, 0.15) is 0 Å². The second-order valence-electron chi connectivity index (χ2n) is 8.36. The van der Waals surface area contributed by atoms with E-state index < -0.39 is 0 Å². The number of hydrogen-bond donors (Lipinski definition) is 1. The first-order chi connectivity index (χ1) is 12.3. The zero-order chi connectivity index (χ0) is 18.5. The van der Waals surface area contributed by atoms with E-state index in [2.05, 4.69) is 18.3 Å². The molecule has 0 aromatic heterocycles. The van der Waals surface area contributed by atoms with Crippen LogP contribution in [-0.4, -0.2) is 17.7 Å². The van der Waals surface area contributed by atoms with Crippen molar-refractivity contribution in [3.05, 3.63) is 58.7 Å². The first kappa shape index (κ1) is 17.0. The predicted octanol–water partition coefficient (Wildman–Crippen LogP) is 4.71. The molecular formula is C23H25NO2. The Hall–Kier alpha value is -2.42. The summed E-state index contributed by atoms with van der Waals surface area (Å²) >= 11 is 0. The molecule has 2 aromatic carbocycles. The van der Waals surface area contributed by atoms with Gasteiger partial charge in [-0.05, 0) is 67.0 Å². The zero-order valence-corrected chi connectivity index (χ0v) is 15.7. The molecule has 1 saturated carbocycles. The molecule has 26 heavy (non-hydrogen) atoms. The molecule has 4 rings (SSSR count). The summed E-state index contributed by atoms with van der Waals surface area (Å²) in [5.41, 5.74) is 5.68. The van der Waals surface area contributed by atoms with Gasteiger partial charge in [0.25, 0.3) is 5.91 Å². The van der Waals surface area contributed by atoms with Gasteiger partial charge >= 0.3 is 0 Å². The molecule has 0 saturated heterocycles. The third kappa shape index (κ3) is 3.07. The van der Waals surface area contributed by atoms with Crippen molar-refractivity contribution in [2.75, 3.05) is 0 Å². The molecule has 1 fully saturated rings. The second-order valence-corrected chi connectivity index (χ2v) is 8.36. The summed E-state index contributed by atoms with van der Waals surface area (Å²) in [4.78, 5) is 25.0. The highest BCUT2D eigenvalue weighted by Crippen LogP contribution is 2.37. The second kappa shape index (κ2) is 6.08. The highest BCUT2D eigenvalue weighted by Gasteiger charge is 2.34. The van der Waals surface area contributed by atoms with Gasteiger partial charge in [-0.2, -0.15) is 0 Å². The third-order valence-electron chi connectivity index (χ3n) is 5.71. The van der Waals surface area contributed by atoms with Gasteiger partial charge in [-0.3, -0.25) is 9.59 Å². The van der Waals surface area contributed by atoms with E-state index in [-0.39, 0.29) is 17.1 Å². The summed E-state index contributed by atoms with van der Waals surface area (Å²) in [6.45, 7) is 6.11. The van der Waals surface area contributed by atoms with Gasteiger partial charge in [0.15, 0.2) is 5.78 Å². The Kier molecular flexibility index (Phi) is 3.98. The van der Waals surface area contributed by atoms with Gasteiger partial charge in [-0.25, -0.2) is 0 Å². The standard InChI is InChI=1S/C23H25NO2/c1-14-4-5-17(22(26)24-18-7-8-18)13-20(14)15-6-9-19-16(12-15)10-11-23(2,3)21(19)25/h4-6,9,12-13,18H,7-8,10-11H2,1-3H3,(H,24,26). The lowest BCUT2D eigenvalue weighted by molar-refractivity contribution is 0.0811. The van der Waals surface area contributed by atoms with Crippen molar-refractivity contribution in [3.63, 3.8) is 0 Å². The lowest BCUT2D eigenvalue weighted by atomic mass is 9.73. The van der Waals surface area contributed by atoms with Crippen molar-refractivity contribution in [2.45, 2.75) is 52.5 Å². The van der Waals surface area contributed by atoms with Gasteiger partial charge in [0.2, 0.25) is 0 Å². The van der Waals surface area contributed by atoms with E-state index >= 15 is 0 Å². The van der Waals surface area contributed by atoms with Crippen molar-refractivity contribution in [3.8, 4) is 11.1 Å². The van der Waals surface area contributed by atoms with E-state index in [1.54, 1.807) is 0 Å². The molecule has 1 N–H and O–H groups in total. The smallest absolute Gasteiger partial charge is 0.251 e. The maximum absolute atomic E-state index is 12.7. The van der Waals surface area contributed by atoms with E-state index in [0.29, 0.717) is 11.6 Å². The number of carbonyl (C=O) groups is 2. The van der Waals surface area contributed by atoms with Crippen molar-refractivity contribution in [1.82, 2.24) is 5.32 Å². The molecule has 0 heterocycles. The molecule has 3 heteroatoms. The first-order valence-electron chi connectivity index (χ1n) is 9.45. The predicted molar refractivity (Wildman–Crippen MR) is 104 cm³/mol. The normalized spacial score (nSPS) is 18.3. The van der Waals surface area contributed by atoms with Crippen molar-refractivity contribution < 1.29 is 9.59 Å². The minimum Gasteiger partial charge on any atom is -0.349 e. The minimum atomic E-state index is -0.273. The van der Waals surface area contributed by atoms with Crippen LogP contribution in [0.5, 0.6) is 0 Å². The van der Waals surface area contributed by atoms with Gasteiger partial charge in [-0.1, -0.05) is 38.1 Å². The number of hydrogen-bond acceptors (Lipinski definition) is 2. The highest BCUT2D eigenvalue weighted by molar-refractivity contribution is 6.03. The summed E-state index contributed by atoms with van der Waals surface area (Å²) in [5.74, 6) is 0.239. The number of rotatable bonds is 3. The van der Waals surface area contributed by atoms with Crippen LogP contribution in [0.4, 0.5) is 0 Å². The summed E-state index contributed by atoms with van der Waals surface area (Å²) < 4.78 is 0. The Bertz CT molecular complexity index is 906. The van der Waals surface area contributed by atoms with E-state index in [0.717, 1.165) is 53.5 Å². The number of ketones is 1. The summed E-state index contributed by atoms with van der Waals surface area (Å²) in [7, 11) is 0. The maximum atomic E-state index is 12.7. The fourth-order valence-corrected chi connectivity index (χ4v) is 3.69. The molecule has 134 valence electrons. The van der Waals surface area contributed by atoms with Crippen molar-refractivity contribution >= 4 is 11.7 Å². The Morgan fingerprint density at radius 1 is 1.08 bits per heavy atom. The highest BCUT2D eigenvalue weighted by atomic mass is 16.1. The number of carbonyl (C=O) groups excluding carboxylic acids is 2. The Morgan fingerprint density at radius 2 is 1.85 bits per heavy atom. The fraction of sp³-hybridized carbons (Fsp3) is 0.391. The van der Waals surface area contributed by atoms with Gasteiger partial charge in [-0.15, -0.1) is 0 Å². The molecule has 0 spiro atoms. The SMILES string of the molecule is Cc1ccc(C(=O)NC2CC2)cc1-c1ccc2c(c1)CCC(C)(C)C2=O. The van der Waals surface area contributed by atoms with Crippen LogP contribution < -0.4 is 5.32 Å². The van der Waals surface area contributed by atoms with Crippen LogP contribution in [0.25, 0.3) is 11.1 Å². The molecule has 2 aromatic rings. The number of fused-ring (bicyclic) bond motifs is 1. The van der Waals surface area contributed by atoms with Crippen molar-refractivity contribution in [1.29, 1.82) is 0 Å². The summed E-state index contributed by atoms with van der Waals surface area (Å²) in [6, 6.07) is 12.3. The monoisotopic (exact) mass is 347 g/mol. The van der Waals surface area contributed by atoms with Crippen LogP contribution in [0.1, 0.15) is 65.0 Å². The molecule has 1 amide bonds. The van der Waals surface area contributed by atoms with Crippen molar-refractivity contribution in [2.24, 2.45) is 5.41 Å². The molecule has 0 bridgehead atoms. The molecule has 3 nitrogen and oxygen atoms in total. The molecular weight excluding hydrogens is 322 g/mol.